The monoisotopic (exact) mass is 262 g/mol. The summed E-state index contributed by atoms with van der Waals surface area (Å²) in [5.41, 5.74) is 0. The Kier molecular flexibility index (Phi) is 11.5. The van der Waals surface area contributed by atoms with E-state index in [2.05, 4.69) is 13.2 Å². The second-order valence-electron chi connectivity index (χ2n) is 1.83. The highest BCUT2D eigenvalue weighted by Crippen LogP contribution is 2.35. The van der Waals surface area contributed by atoms with Crippen molar-refractivity contribution in [1.29, 1.82) is 0 Å². The highest BCUT2D eigenvalue weighted by molar-refractivity contribution is 4.73. The van der Waals surface area contributed by atoms with Gasteiger partial charge in [-0.15, -0.1) is 0 Å². The van der Waals surface area contributed by atoms with Crippen LogP contribution in [0.25, 0.3) is 0 Å². The predicted octanol–water partition coefficient (Wildman–Crippen LogP) is 4.65. The van der Waals surface area contributed by atoms with Gasteiger partial charge in [0.15, 0.2) is 6.67 Å². The highest BCUT2D eigenvalue weighted by atomic mass is 19.4. The summed E-state index contributed by atoms with van der Waals surface area (Å²) in [5.74, 6) is -5.19. The molecule has 0 N–H and O–H groups in total. The van der Waals surface area contributed by atoms with Crippen molar-refractivity contribution in [3.8, 4) is 0 Å². The Labute approximate surface area is 85.1 Å². The van der Waals surface area contributed by atoms with Gasteiger partial charge in [-0.05, 0) is 6.58 Å². The van der Waals surface area contributed by atoms with Gasteiger partial charge in [-0.25, -0.2) is 8.78 Å². The number of hydrogen-bond donors (Lipinski definition) is 0. The second kappa shape index (κ2) is 9.10. The van der Waals surface area contributed by atoms with Crippen molar-refractivity contribution in [2.24, 2.45) is 0 Å². The first-order chi connectivity index (χ1) is 6.96. The van der Waals surface area contributed by atoms with Crippen LogP contribution in [0.15, 0.2) is 25.6 Å². The molecule has 0 bridgehead atoms. The van der Waals surface area contributed by atoms with Crippen molar-refractivity contribution in [3.05, 3.63) is 25.6 Å². The lowest BCUT2D eigenvalue weighted by atomic mass is 10.4. The largest absolute Gasteiger partial charge is 0.456 e. The molecule has 16 heavy (non-hydrogen) atoms. The fourth-order valence-corrected chi connectivity index (χ4v) is 0.0758. The zero-order valence-electron chi connectivity index (χ0n) is 7.60. The van der Waals surface area contributed by atoms with E-state index in [9.17, 15) is 39.5 Å². The number of hydrogen-bond acceptors (Lipinski definition) is 0. The molecule has 0 spiro atoms. The Morgan fingerprint density at radius 1 is 1.06 bits per heavy atom. The molecular formula is C7H7F9. The average molecular weight is 262 g/mol. The van der Waals surface area contributed by atoms with Crippen LogP contribution in [0.4, 0.5) is 39.5 Å². The van der Waals surface area contributed by atoms with Gasteiger partial charge in [-0.1, -0.05) is 6.58 Å². The van der Waals surface area contributed by atoms with Crippen LogP contribution in [0.2, 0.25) is 0 Å². The molecule has 0 aromatic rings. The third-order valence-corrected chi connectivity index (χ3v) is 0.583. The lowest BCUT2D eigenvalue weighted by Gasteiger charge is -2.14. The first-order valence-electron chi connectivity index (χ1n) is 3.17. The minimum atomic E-state index is -5.76. The minimum absolute atomic E-state index is 0.250. The molecule has 0 unspecified atom stereocenters. The Balaban J connectivity index is -0.000000201. The summed E-state index contributed by atoms with van der Waals surface area (Å²) in [6.07, 6.45) is -7.35. The molecule has 0 amide bonds. The van der Waals surface area contributed by atoms with Gasteiger partial charge in [0, 0.05) is 0 Å². The van der Waals surface area contributed by atoms with E-state index in [0.29, 0.717) is 0 Å². The molecule has 0 radical (unpaired) electrons. The SMILES string of the molecule is C=C(F)F.C=CF.FCC(F)(F)C(F)(F)F. The van der Waals surface area contributed by atoms with E-state index in [0.717, 1.165) is 0 Å². The van der Waals surface area contributed by atoms with Crippen molar-refractivity contribution >= 4 is 0 Å². The summed E-state index contributed by atoms with van der Waals surface area (Å²) >= 11 is 0. The molecule has 0 aliphatic rings. The summed E-state index contributed by atoms with van der Waals surface area (Å²) in [6.45, 7) is 2.22. The van der Waals surface area contributed by atoms with Crippen molar-refractivity contribution in [3.63, 3.8) is 0 Å². The van der Waals surface area contributed by atoms with E-state index in [4.69, 9.17) is 0 Å². The third-order valence-electron chi connectivity index (χ3n) is 0.583. The van der Waals surface area contributed by atoms with E-state index >= 15 is 0 Å². The van der Waals surface area contributed by atoms with Crippen LogP contribution < -0.4 is 0 Å². The van der Waals surface area contributed by atoms with Gasteiger partial charge >= 0.3 is 12.1 Å². The fourth-order valence-electron chi connectivity index (χ4n) is 0.0758. The summed E-state index contributed by atoms with van der Waals surface area (Å²) in [5, 5.41) is 0. The molecule has 0 aliphatic heterocycles. The normalized spacial score (nSPS) is 10.3. The van der Waals surface area contributed by atoms with Crippen LogP contribution in [0.5, 0.6) is 0 Å². The van der Waals surface area contributed by atoms with Gasteiger partial charge in [0.05, 0.1) is 6.33 Å². The van der Waals surface area contributed by atoms with Crippen molar-refractivity contribution in [1.82, 2.24) is 0 Å². The van der Waals surface area contributed by atoms with E-state index in [1.54, 1.807) is 0 Å². The molecule has 0 nitrogen and oxygen atoms in total. The summed E-state index contributed by atoms with van der Waals surface area (Å²) in [7, 11) is 0. The molecule has 98 valence electrons. The molecule has 0 fully saturated rings. The van der Waals surface area contributed by atoms with E-state index in [1.807, 2.05) is 0 Å². The minimum Gasteiger partial charge on any atom is -0.244 e. The maximum absolute atomic E-state index is 11.2. The van der Waals surface area contributed by atoms with Gasteiger partial charge in [0.2, 0.25) is 0 Å². The number of rotatable bonds is 1. The first-order valence-corrected chi connectivity index (χ1v) is 3.17. The molecule has 0 rings (SSSR count). The average Bonchev–Trinajstić information content (AvgIpc) is 2.02. The Bertz CT molecular complexity index is 189. The highest BCUT2D eigenvalue weighted by Gasteiger charge is 2.57. The molecular weight excluding hydrogens is 255 g/mol. The van der Waals surface area contributed by atoms with E-state index in [1.165, 1.54) is 0 Å². The molecule has 0 heterocycles. The zero-order valence-corrected chi connectivity index (χ0v) is 7.60. The van der Waals surface area contributed by atoms with Crippen molar-refractivity contribution in [2.75, 3.05) is 6.67 Å². The maximum Gasteiger partial charge on any atom is 0.456 e. The lowest BCUT2D eigenvalue weighted by molar-refractivity contribution is -0.286. The van der Waals surface area contributed by atoms with Gasteiger partial charge in [-0.3, -0.25) is 0 Å². The van der Waals surface area contributed by atoms with Crippen LogP contribution in [0, 0.1) is 0 Å². The summed E-state index contributed by atoms with van der Waals surface area (Å²) in [4.78, 5) is 0. The van der Waals surface area contributed by atoms with Gasteiger partial charge in [0.1, 0.15) is 0 Å². The Morgan fingerprint density at radius 2 is 1.25 bits per heavy atom. The summed E-state index contributed by atoms with van der Waals surface area (Å²) < 4.78 is 96.0. The predicted molar refractivity (Wildman–Crippen MR) is 39.6 cm³/mol. The zero-order chi connectivity index (χ0) is 14.0. The quantitative estimate of drug-likeness (QED) is 0.603. The molecule has 0 aromatic heterocycles. The smallest absolute Gasteiger partial charge is 0.244 e. The maximum atomic E-state index is 11.2. The van der Waals surface area contributed by atoms with Crippen LogP contribution in [-0.4, -0.2) is 18.8 Å². The van der Waals surface area contributed by atoms with Crippen LogP contribution in [0.1, 0.15) is 0 Å². The molecule has 9 heteroatoms. The van der Waals surface area contributed by atoms with Crippen molar-refractivity contribution in [2.45, 2.75) is 12.1 Å². The molecule has 0 aromatic carbocycles. The molecule has 0 atom stereocenters. The third kappa shape index (κ3) is 15.3. The Hall–Kier alpha value is -1.15. The Morgan fingerprint density at radius 3 is 1.25 bits per heavy atom. The second-order valence-corrected chi connectivity index (χ2v) is 1.83. The number of alkyl halides is 6. The van der Waals surface area contributed by atoms with Gasteiger partial charge < -0.3 is 0 Å². The molecule has 0 saturated carbocycles. The molecule has 0 saturated heterocycles. The fraction of sp³-hybridized carbons (Fsp3) is 0.429. The van der Waals surface area contributed by atoms with Crippen LogP contribution in [0.3, 0.4) is 0 Å². The van der Waals surface area contributed by atoms with E-state index in [-0.39, 0.29) is 6.33 Å². The standard InChI is InChI=1S/C3H2F6.C2H2F2.C2H3F/c4-1-2(5,6)3(7,8)9;1-2(3)4;1-2-3/h1H2;1H2;2H,1H2. The van der Waals surface area contributed by atoms with Gasteiger partial charge in [0.25, 0.3) is 6.08 Å². The summed E-state index contributed by atoms with van der Waals surface area (Å²) in [6, 6.07) is 0. The van der Waals surface area contributed by atoms with E-state index < -0.39 is 24.9 Å². The van der Waals surface area contributed by atoms with Gasteiger partial charge in [-0.2, -0.15) is 30.7 Å². The topological polar surface area (TPSA) is 0 Å². The van der Waals surface area contributed by atoms with Crippen LogP contribution in [-0.2, 0) is 0 Å². The van der Waals surface area contributed by atoms with Crippen LogP contribution >= 0.6 is 0 Å². The lowest BCUT2D eigenvalue weighted by Crippen LogP contribution is -2.38. The van der Waals surface area contributed by atoms with Crippen molar-refractivity contribution < 1.29 is 39.5 Å². The number of halogens is 9. The molecule has 0 aliphatic carbocycles. The first kappa shape index (κ1) is 20.3.